The van der Waals surface area contributed by atoms with Gasteiger partial charge in [-0.2, -0.15) is 5.26 Å². The Morgan fingerprint density at radius 2 is 2.27 bits per heavy atom. The summed E-state index contributed by atoms with van der Waals surface area (Å²) in [7, 11) is 0. The van der Waals surface area contributed by atoms with Gasteiger partial charge in [0, 0.05) is 39.0 Å². The maximum Gasteiger partial charge on any atom is 0.230 e. The van der Waals surface area contributed by atoms with Gasteiger partial charge in [0.05, 0.1) is 12.2 Å². The first-order chi connectivity index (χ1) is 10.7. The molecule has 1 atom stereocenters. The molecule has 3 heterocycles. The number of amides is 1. The molecule has 1 amide bonds. The van der Waals surface area contributed by atoms with E-state index in [9.17, 15) is 4.79 Å². The molecule has 3 rings (SSSR count). The molecule has 0 saturated carbocycles. The van der Waals surface area contributed by atoms with Gasteiger partial charge in [0.1, 0.15) is 0 Å². The number of carbonyl (C=O) groups excluding carboxylic acids is 1. The predicted octanol–water partition coefficient (Wildman–Crippen LogP) is 1.05. The number of anilines is 1. The van der Waals surface area contributed by atoms with Crippen LogP contribution in [0.4, 0.5) is 5.82 Å². The van der Waals surface area contributed by atoms with Crippen molar-refractivity contribution in [3.05, 3.63) is 12.5 Å². The average Bonchev–Trinajstić information content (AvgIpc) is 3.17. The van der Waals surface area contributed by atoms with Crippen molar-refractivity contribution in [1.82, 2.24) is 14.5 Å². The highest BCUT2D eigenvalue weighted by Crippen LogP contribution is 2.19. The largest absolute Gasteiger partial charge is 0.381 e. The van der Waals surface area contributed by atoms with Crippen LogP contribution in [0.3, 0.4) is 0 Å². The molecule has 118 valence electrons. The third-order valence-corrected chi connectivity index (χ3v) is 4.39. The van der Waals surface area contributed by atoms with Crippen LogP contribution in [-0.2, 0) is 16.1 Å². The van der Waals surface area contributed by atoms with E-state index in [0.717, 1.165) is 39.0 Å². The van der Waals surface area contributed by atoms with E-state index in [4.69, 9.17) is 10.00 Å². The Hall–Kier alpha value is -2.07. The first kappa shape index (κ1) is 14.9. The fourth-order valence-electron chi connectivity index (χ4n) is 3.05. The average molecular weight is 303 g/mol. The topological polar surface area (TPSA) is 83.2 Å². The minimum absolute atomic E-state index is 0.0472. The molecule has 0 bridgehead atoms. The van der Waals surface area contributed by atoms with Crippen molar-refractivity contribution >= 4 is 11.7 Å². The number of ether oxygens (including phenoxy) is 1. The summed E-state index contributed by atoms with van der Waals surface area (Å²) < 4.78 is 7.39. The molecule has 1 unspecified atom stereocenters. The third-order valence-electron chi connectivity index (χ3n) is 4.39. The molecule has 2 saturated heterocycles. The van der Waals surface area contributed by atoms with Crippen LogP contribution >= 0.6 is 0 Å². The zero-order valence-electron chi connectivity index (χ0n) is 12.6. The summed E-state index contributed by atoms with van der Waals surface area (Å²) in [5.41, 5.74) is 0. The number of hydrogen-bond donors (Lipinski definition) is 1. The van der Waals surface area contributed by atoms with Gasteiger partial charge in [-0.1, -0.05) is 0 Å². The second kappa shape index (κ2) is 6.79. The zero-order chi connectivity index (χ0) is 15.4. The molecule has 7 heteroatoms. The highest BCUT2D eigenvalue weighted by atomic mass is 16.5. The van der Waals surface area contributed by atoms with Gasteiger partial charge >= 0.3 is 0 Å². The predicted molar refractivity (Wildman–Crippen MR) is 79.7 cm³/mol. The summed E-state index contributed by atoms with van der Waals surface area (Å²) in [6, 6.07) is 0. The fraction of sp³-hybridized carbons (Fsp3) is 0.667. The van der Waals surface area contributed by atoms with E-state index < -0.39 is 0 Å². The fourth-order valence-corrected chi connectivity index (χ4v) is 3.05. The smallest absolute Gasteiger partial charge is 0.230 e. The SMILES string of the molecule is N#CN1CCC(C(=O)Nc2cn(CC3CCOCC3)cn2)C1. The monoisotopic (exact) mass is 303 g/mol. The highest BCUT2D eigenvalue weighted by Gasteiger charge is 2.28. The molecule has 1 aromatic rings. The lowest BCUT2D eigenvalue weighted by Crippen LogP contribution is -2.25. The third kappa shape index (κ3) is 3.57. The summed E-state index contributed by atoms with van der Waals surface area (Å²) in [6.07, 6.45) is 8.61. The van der Waals surface area contributed by atoms with E-state index >= 15 is 0 Å². The van der Waals surface area contributed by atoms with Crippen molar-refractivity contribution in [2.45, 2.75) is 25.8 Å². The second-order valence-corrected chi connectivity index (χ2v) is 6.03. The van der Waals surface area contributed by atoms with Crippen LogP contribution in [0.5, 0.6) is 0 Å². The summed E-state index contributed by atoms with van der Waals surface area (Å²) >= 11 is 0. The van der Waals surface area contributed by atoms with Gasteiger partial charge in [0.15, 0.2) is 12.0 Å². The van der Waals surface area contributed by atoms with Gasteiger partial charge in [-0.05, 0) is 25.2 Å². The van der Waals surface area contributed by atoms with E-state index in [1.807, 2.05) is 10.8 Å². The van der Waals surface area contributed by atoms with Crippen LogP contribution in [0.2, 0.25) is 0 Å². The first-order valence-corrected chi connectivity index (χ1v) is 7.79. The van der Waals surface area contributed by atoms with Gasteiger partial charge < -0.3 is 19.5 Å². The number of hydrogen-bond acceptors (Lipinski definition) is 5. The Morgan fingerprint density at radius 3 is 3.00 bits per heavy atom. The Bertz CT molecular complexity index is 559. The van der Waals surface area contributed by atoms with Crippen LogP contribution < -0.4 is 5.32 Å². The van der Waals surface area contributed by atoms with Crippen LogP contribution in [-0.4, -0.2) is 46.7 Å². The quantitative estimate of drug-likeness (QED) is 0.841. The second-order valence-electron chi connectivity index (χ2n) is 6.03. The number of nitrogens with one attached hydrogen (secondary N) is 1. The molecule has 1 N–H and O–H groups in total. The Kier molecular flexibility index (Phi) is 4.59. The number of carbonyl (C=O) groups is 1. The van der Waals surface area contributed by atoms with E-state index in [1.165, 1.54) is 0 Å². The van der Waals surface area contributed by atoms with Crippen molar-refractivity contribution < 1.29 is 9.53 Å². The summed E-state index contributed by atoms with van der Waals surface area (Å²) in [5.74, 6) is 1.03. The summed E-state index contributed by atoms with van der Waals surface area (Å²) in [4.78, 5) is 18.0. The number of nitrogens with zero attached hydrogens (tertiary/aromatic N) is 4. The summed E-state index contributed by atoms with van der Waals surface area (Å²) in [5, 5.41) is 11.7. The van der Waals surface area contributed by atoms with Crippen LogP contribution in [0.25, 0.3) is 0 Å². The molecular weight excluding hydrogens is 282 g/mol. The van der Waals surface area contributed by atoms with Crippen LogP contribution in [0, 0.1) is 23.3 Å². The lowest BCUT2D eigenvalue weighted by Gasteiger charge is -2.21. The number of likely N-dealkylation sites (tertiary alicyclic amines) is 1. The Morgan fingerprint density at radius 1 is 1.45 bits per heavy atom. The van der Waals surface area contributed by atoms with Gasteiger partial charge in [-0.25, -0.2) is 4.98 Å². The van der Waals surface area contributed by atoms with Gasteiger partial charge in [-0.3, -0.25) is 4.79 Å². The lowest BCUT2D eigenvalue weighted by atomic mass is 10.0. The van der Waals surface area contributed by atoms with Crippen molar-refractivity contribution in [3.8, 4) is 6.19 Å². The van der Waals surface area contributed by atoms with E-state index in [-0.39, 0.29) is 11.8 Å². The van der Waals surface area contributed by atoms with Crippen LogP contribution in [0.1, 0.15) is 19.3 Å². The molecular formula is C15H21N5O2. The van der Waals surface area contributed by atoms with Crippen molar-refractivity contribution in [1.29, 1.82) is 5.26 Å². The highest BCUT2D eigenvalue weighted by molar-refractivity contribution is 5.91. The van der Waals surface area contributed by atoms with Gasteiger partial charge in [0.25, 0.3) is 0 Å². The molecule has 0 aliphatic carbocycles. The number of nitriles is 1. The molecule has 1 aromatic heterocycles. The molecule has 2 fully saturated rings. The van der Waals surface area contributed by atoms with E-state index in [0.29, 0.717) is 24.8 Å². The minimum Gasteiger partial charge on any atom is -0.381 e. The number of aromatic nitrogens is 2. The molecule has 2 aliphatic rings. The number of rotatable bonds is 4. The standard InChI is InChI=1S/C15H21N5O2/c16-10-19-4-1-13(8-19)15(21)18-14-9-20(11-17-14)7-12-2-5-22-6-3-12/h9,11-13H,1-8H2,(H,18,21). The molecule has 2 aliphatic heterocycles. The van der Waals surface area contributed by atoms with E-state index in [1.54, 1.807) is 11.2 Å². The minimum atomic E-state index is -0.125. The molecule has 0 aromatic carbocycles. The van der Waals surface area contributed by atoms with Gasteiger partial charge in [0.2, 0.25) is 5.91 Å². The molecule has 7 nitrogen and oxygen atoms in total. The lowest BCUT2D eigenvalue weighted by molar-refractivity contribution is -0.119. The molecule has 0 spiro atoms. The molecule has 22 heavy (non-hydrogen) atoms. The van der Waals surface area contributed by atoms with Crippen molar-refractivity contribution in [2.75, 3.05) is 31.6 Å². The molecule has 0 radical (unpaired) electrons. The maximum absolute atomic E-state index is 12.2. The van der Waals surface area contributed by atoms with Crippen LogP contribution in [0.15, 0.2) is 12.5 Å². The first-order valence-electron chi connectivity index (χ1n) is 7.79. The maximum atomic E-state index is 12.2. The van der Waals surface area contributed by atoms with Crippen molar-refractivity contribution in [2.24, 2.45) is 11.8 Å². The zero-order valence-corrected chi connectivity index (χ0v) is 12.6. The van der Waals surface area contributed by atoms with E-state index in [2.05, 4.69) is 16.5 Å². The Balaban J connectivity index is 1.51. The normalized spacial score (nSPS) is 22.5. The van der Waals surface area contributed by atoms with Crippen molar-refractivity contribution in [3.63, 3.8) is 0 Å². The van der Waals surface area contributed by atoms with Gasteiger partial charge in [-0.15, -0.1) is 0 Å². The summed E-state index contributed by atoms with van der Waals surface area (Å²) in [6.45, 7) is 3.75. The number of imidazole rings is 1. The Labute approximate surface area is 129 Å².